The van der Waals surface area contributed by atoms with Crippen molar-refractivity contribution in [2.24, 2.45) is 0 Å². The number of benzene rings is 2. The van der Waals surface area contributed by atoms with Gasteiger partial charge in [0.2, 0.25) is 0 Å². The number of rotatable bonds is 3. The summed E-state index contributed by atoms with van der Waals surface area (Å²) >= 11 is 3.38. The molecule has 116 valence electrons. The lowest BCUT2D eigenvalue weighted by Crippen LogP contribution is -2.06. The molecular formula is C18H16N2OS2. The Morgan fingerprint density at radius 3 is 2.74 bits per heavy atom. The van der Waals surface area contributed by atoms with Gasteiger partial charge in [0.25, 0.3) is 0 Å². The van der Waals surface area contributed by atoms with Gasteiger partial charge in [-0.3, -0.25) is 0 Å². The Bertz CT molecular complexity index is 1000. The topological polar surface area (TPSA) is 35.0 Å². The number of thiazole rings is 2. The van der Waals surface area contributed by atoms with E-state index in [1.807, 2.05) is 44.5 Å². The Morgan fingerprint density at radius 2 is 1.91 bits per heavy atom. The van der Waals surface area contributed by atoms with E-state index in [1.54, 1.807) is 22.7 Å². The second-order valence-electron chi connectivity index (χ2n) is 5.70. The molecule has 0 aliphatic carbocycles. The molecule has 5 heteroatoms. The van der Waals surface area contributed by atoms with E-state index in [0.717, 1.165) is 32.9 Å². The zero-order valence-electron chi connectivity index (χ0n) is 13.2. The zero-order valence-corrected chi connectivity index (χ0v) is 14.8. The normalized spacial score (nSPS) is 11.7. The van der Waals surface area contributed by atoms with E-state index in [9.17, 15) is 0 Å². The standard InChI is InChI=1S/C18H16N2OS2/c1-10(2)21-15-7-5-4-6-12(15)13-8-14-18(23-11(3)20-14)16-17(13)22-9-19-16/h4-10H,1-3H3. The highest BCUT2D eigenvalue weighted by molar-refractivity contribution is 7.21. The smallest absolute Gasteiger partial charge is 0.127 e. The summed E-state index contributed by atoms with van der Waals surface area (Å²) in [5.41, 5.74) is 6.22. The molecule has 0 atom stereocenters. The fourth-order valence-electron chi connectivity index (χ4n) is 2.76. The number of fused-ring (bicyclic) bond motifs is 3. The van der Waals surface area contributed by atoms with E-state index < -0.39 is 0 Å². The lowest BCUT2D eigenvalue weighted by Gasteiger charge is -2.14. The van der Waals surface area contributed by atoms with Crippen molar-refractivity contribution in [2.75, 3.05) is 0 Å². The van der Waals surface area contributed by atoms with E-state index in [2.05, 4.69) is 22.1 Å². The molecule has 0 fully saturated rings. The predicted molar refractivity (Wildman–Crippen MR) is 98.7 cm³/mol. The summed E-state index contributed by atoms with van der Waals surface area (Å²) in [6, 6.07) is 10.4. The quantitative estimate of drug-likeness (QED) is 0.482. The Balaban J connectivity index is 2.03. The Labute approximate surface area is 142 Å². The van der Waals surface area contributed by atoms with Crippen molar-refractivity contribution in [1.29, 1.82) is 0 Å². The molecule has 0 aliphatic rings. The molecule has 3 nitrogen and oxygen atoms in total. The maximum atomic E-state index is 6.01. The van der Waals surface area contributed by atoms with E-state index in [4.69, 9.17) is 4.74 Å². The van der Waals surface area contributed by atoms with Crippen LogP contribution in [0.25, 0.3) is 31.6 Å². The average molecular weight is 340 g/mol. The van der Waals surface area contributed by atoms with Gasteiger partial charge in [0.1, 0.15) is 11.3 Å². The summed E-state index contributed by atoms with van der Waals surface area (Å²) in [5.74, 6) is 0.906. The van der Waals surface area contributed by atoms with E-state index >= 15 is 0 Å². The lowest BCUT2D eigenvalue weighted by molar-refractivity contribution is 0.243. The molecule has 0 bridgehead atoms. The van der Waals surface area contributed by atoms with E-state index in [-0.39, 0.29) is 6.10 Å². The summed E-state index contributed by atoms with van der Waals surface area (Å²) in [6.45, 7) is 6.14. The first-order valence-electron chi connectivity index (χ1n) is 7.53. The van der Waals surface area contributed by atoms with Gasteiger partial charge >= 0.3 is 0 Å². The number of nitrogens with zero attached hydrogens (tertiary/aromatic N) is 2. The second-order valence-corrected chi connectivity index (χ2v) is 7.76. The van der Waals surface area contributed by atoms with Crippen molar-refractivity contribution in [3.63, 3.8) is 0 Å². The number of ether oxygens (including phenoxy) is 1. The molecule has 0 saturated carbocycles. The van der Waals surface area contributed by atoms with Crippen LogP contribution in [0.1, 0.15) is 18.9 Å². The molecule has 23 heavy (non-hydrogen) atoms. The SMILES string of the molecule is Cc1nc2cc(-c3ccccc3OC(C)C)c3scnc3c2s1. The third-order valence-electron chi connectivity index (χ3n) is 3.61. The van der Waals surface area contributed by atoms with Crippen LogP contribution < -0.4 is 4.74 Å². The molecule has 0 radical (unpaired) electrons. The molecule has 0 aliphatic heterocycles. The minimum absolute atomic E-state index is 0.137. The fourth-order valence-corrected chi connectivity index (χ4v) is 4.55. The second kappa shape index (κ2) is 5.58. The number of hydrogen-bond acceptors (Lipinski definition) is 5. The van der Waals surface area contributed by atoms with Gasteiger partial charge in [0, 0.05) is 11.1 Å². The Kier molecular flexibility index (Phi) is 3.54. The first-order chi connectivity index (χ1) is 11.1. The molecule has 2 aromatic heterocycles. The molecule has 0 amide bonds. The molecule has 2 aromatic carbocycles. The van der Waals surface area contributed by atoms with Gasteiger partial charge < -0.3 is 4.74 Å². The van der Waals surface area contributed by atoms with Crippen LogP contribution in [0.3, 0.4) is 0 Å². The van der Waals surface area contributed by atoms with Crippen LogP contribution in [0.2, 0.25) is 0 Å². The summed E-state index contributed by atoms with van der Waals surface area (Å²) in [5, 5.41) is 1.07. The maximum absolute atomic E-state index is 6.01. The van der Waals surface area contributed by atoms with Gasteiger partial charge in [-0.25, -0.2) is 9.97 Å². The predicted octanol–water partition coefficient (Wildman–Crippen LogP) is 5.67. The Hall–Kier alpha value is -1.98. The Morgan fingerprint density at radius 1 is 1.09 bits per heavy atom. The summed E-state index contributed by atoms with van der Waals surface area (Å²) in [4.78, 5) is 9.25. The van der Waals surface area contributed by atoms with Crippen molar-refractivity contribution in [2.45, 2.75) is 26.9 Å². The molecular weight excluding hydrogens is 324 g/mol. The zero-order chi connectivity index (χ0) is 16.0. The molecule has 0 spiro atoms. The van der Waals surface area contributed by atoms with Gasteiger partial charge in [-0.1, -0.05) is 18.2 Å². The van der Waals surface area contributed by atoms with Crippen LogP contribution in [0.15, 0.2) is 35.8 Å². The van der Waals surface area contributed by atoms with Crippen molar-refractivity contribution in [3.05, 3.63) is 40.8 Å². The lowest BCUT2D eigenvalue weighted by atomic mass is 10.0. The van der Waals surface area contributed by atoms with E-state index in [0.29, 0.717) is 0 Å². The van der Waals surface area contributed by atoms with Crippen LogP contribution in [-0.2, 0) is 0 Å². The van der Waals surface area contributed by atoms with Gasteiger partial charge in [-0.15, -0.1) is 22.7 Å². The van der Waals surface area contributed by atoms with Crippen LogP contribution in [0.5, 0.6) is 5.75 Å². The van der Waals surface area contributed by atoms with Crippen LogP contribution in [0, 0.1) is 6.92 Å². The first-order valence-corrected chi connectivity index (χ1v) is 9.22. The molecule has 0 saturated heterocycles. The summed E-state index contributed by atoms with van der Waals surface area (Å²) in [7, 11) is 0. The van der Waals surface area contributed by atoms with E-state index in [1.165, 1.54) is 9.40 Å². The average Bonchev–Trinajstić information content (AvgIpc) is 3.11. The van der Waals surface area contributed by atoms with Gasteiger partial charge in [0.05, 0.1) is 31.5 Å². The minimum atomic E-state index is 0.137. The van der Waals surface area contributed by atoms with Crippen molar-refractivity contribution >= 4 is 43.1 Å². The van der Waals surface area contributed by atoms with Crippen LogP contribution in [0.4, 0.5) is 0 Å². The van der Waals surface area contributed by atoms with Crippen molar-refractivity contribution < 1.29 is 4.74 Å². The monoisotopic (exact) mass is 340 g/mol. The number of para-hydroxylation sites is 1. The van der Waals surface area contributed by atoms with Crippen LogP contribution in [-0.4, -0.2) is 16.1 Å². The van der Waals surface area contributed by atoms with Gasteiger partial charge in [-0.2, -0.15) is 0 Å². The largest absolute Gasteiger partial charge is 0.490 e. The highest BCUT2D eigenvalue weighted by Gasteiger charge is 2.16. The third-order valence-corrected chi connectivity index (χ3v) is 5.46. The highest BCUT2D eigenvalue weighted by Crippen LogP contribution is 2.41. The maximum Gasteiger partial charge on any atom is 0.127 e. The number of hydrogen-bond donors (Lipinski definition) is 0. The minimum Gasteiger partial charge on any atom is -0.490 e. The van der Waals surface area contributed by atoms with Crippen LogP contribution >= 0.6 is 22.7 Å². The fraction of sp³-hybridized carbons (Fsp3) is 0.222. The van der Waals surface area contributed by atoms with Gasteiger partial charge in [0.15, 0.2) is 0 Å². The summed E-state index contributed by atoms with van der Waals surface area (Å²) in [6.07, 6.45) is 0.137. The summed E-state index contributed by atoms with van der Waals surface area (Å²) < 4.78 is 8.38. The molecule has 0 N–H and O–H groups in total. The number of aromatic nitrogens is 2. The van der Waals surface area contributed by atoms with Crippen molar-refractivity contribution in [1.82, 2.24) is 9.97 Å². The highest BCUT2D eigenvalue weighted by atomic mass is 32.1. The molecule has 0 unspecified atom stereocenters. The first kappa shape index (κ1) is 14.6. The van der Waals surface area contributed by atoms with Gasteiger partial charge in [-0.05, 0) is 32.9 Å². The van der Waals surface area contributed by atoms with Crippen molar-refractivity contribution in [3.8, 4) is 16.9 Å². The molecule has 4 rings (SSSR count). The third kappa shape index (κ3) is 2.50. The number of aryl methyl sites for hydroxylation is 1. The molecule has 4 aromatic rings. The molecule has 2 heterocycles.